The van der Waals surface area contributed by atoms with E-state index in [0.29, 0.717) is 12.3 Å². The second-order valence-corrected chi connectivity index (χ2v) is 3.95. The van der Waals surface area contributed by atoms with Crippen LogP contribution in [0, 0.1) is 11.8 Å². The Morgan fingerprint density at radius 3 is 2.23 bits per heavy atom. The highest BCUT2D eigenvalue weighted by molar-refractivity contribution is 5.78. The molecule has 0 rings (SSSR count). The molecule has 2 unspecified atom stereocenters. The minimum atomic E-state index is 0.0427. The highest BCUT2D eigenvalue weighted by atomic mass is 16.3. The minimum Gasteiger partial charge on any atom is -0.396 e. The van der Waals surface area contributed by atoms with Crippen LogP contribution in [0.2, 0.25) is 0 Å². The van der Waals surface area contributed by atoms with Gasteiger partial charge in [-0.15, -0.1) is 0 Å². The Morgan fingerprint density at radius 1 is 1.31 bits per heavy atom. The van der Waals surface area contributed by atoms with Gasteiger partial charge in [0.15, 0.2) is 0 Å². The van der Waals surface area contributed by atoms with Gasteiger partial charge < -0.3 is 10.4 Å². The molecule has 0 bridgehead atoms. The Bertz CT molecular complexity index is 157. The first-order chi connectivity index (χ1) is 5.99. The van der Waals surface area contributed by atoms with Crippen molar-refractivity contribution in [3.05, 3.63) is 0 Å². The predicted molar refractivity (Wildman–Crippen MR) is 53.3 cm³/mol. The molecule has 0 aromatic heterocycles. The minimum absolute atomic E-state index is 0.0427. The third-order valence-corrected chi connectivity index (χ3v) is 2.36. The third-order valence-electron chi connectivity index (χ3n) is 2.36. The van der Waals surface area contributed by atoms with E-state index in [1.165, 1.54) is 0 Å². The van der Waals surface area contributed by atoms with Crippen LogP contribution in [0.3, 0.4) is 0 Å². The molecule has 0 aromatic carbocycles. The summed E-state index contributed by atoms with van der Waals surface area (Å²) in [5.41, 5.74) is 0. The number of hydrogen-bond acceptors (Lipinski definition) is 2. The predicted octanol–water partition coefficient (Wildman–Crippen LogP) is 1.17. The average Bonchev–Trinajstić information content (AvgIpc) is 2.03. The van der Waals surface area contributed by atoms with Crippen molar-refractivity contribution >= 4 is 5.91 Å². The summed E-state index contributed by atoms with van der Waals surface area (Å²) in [6.45, 7) is 8.01. The zero-order chi connectivity index (χ0) is 10.4. The van der Waals surface area contributed by atoms with Crippen LogP contribution < -0.4 is 5.32 Å². The summed E-state index contributed by atoms with van der Waals surface area (Å²) in [4.78, 5) is 11.5. The van der Waals surface area contributed by atoms with Gasteiger partial charge in [-0.2, -0.15) is 0 Å². The van der Waals surface area contributed by atoms with Crippen LogP contribution in [0.25, 0.3) is 0 Å². The van der Waals surface area contributed by atoms with Gasteiger partial charge in [0.2, 0.25) is 5.91 Å². The molecule has 0 heterocycles. The average molecular weight is 187 g/mol. The van der Waals surface area contributed by atoms with E-state index in [-0.39, 0.29) is 24.5 Å². The molecule has 0 saturated carbocycles. The fraction of sp³-hybridized carbons (Fsp3) is 0.900. The number of carbonyl (C=O) groups excluding carboxylic acids is 1. The molecule has 2 N–H and O–H groups in total. The lowest BCUT2D eigenvalue weighted by Crippen LogP contribution is -2.38. The number of rotatable bonds is 5. The van der Waals surface area contributed by atoms with Crippen molar-refractivity contribution in [2.45, 2.75) is 40.2 Å². The van der Waals surface area contributed by atoms with E-state index in [9.17, 15) is 4.79 Å². The van der Waals surface area contributed by atoms with Crippen LogP contribution in [-0.4, -0.2) is 23.7 Å². The fourth-order valence-corrected chi connectivity index (χ4v) is 0.943. The highest BCUT2D eigenvalue weighted by Crippen LogP contribution is 2.09. The van der Waals surface area contributed by atoms with Crippen LogP contribution in [0.4, 0.5) is 0 Å². The molecule has 0 spiro atoms. The molecular weight excluding hydrogens is 166 g/mol. The maximum absolute atomic E-state index is 11.5. The van der Waals surface area contributed by atoms with Crippen LogP contribution in [0.15, 0.2) is 0 Å². The molecule has 3 nitrogen and oxygen atoms in total. The Kier molecular flexibility index (Phi) is 5.71. The van der Waals surface area contributed by atoms with Gasteiger partial charge in [0.05, 0.1) is 0 Å². The standard InChI is InChI=1S/C10H21NO2/c1-7(2)9(4)10(13)11-8(3)5-6-12/h7-9,12H,5-6H2,1-4H3,(H,11,13). The van der Waals surface area contributed by atoms with Gasteiger partial charge in [-0.3, -0.25) is 4.79 Å². The van der Waals surface area contributed by atoms with Crippen molar-refractivity contribution in [1.82, 2.24) is 5.32 Å². The number of amides is 1. The normalized spacial score (nSPS) is 15.5. The number of nitrogens with one attached hydrogen (secondary N) is 1. The van der Waals surface area contributed by atoms with E-state index >= 15 is 0 Å². The Morgan fingerprint density at radius 2 is 1.85 bits per heavy atom. The van der Waals surface area contributed by atoms with Crippen molar-refractivity contribution in [1.29, 1.82) is 0 Å². The maximum Gasteiger partial charge on any atom is 0.223 e. The Hall–Kier alpha value is -0.570. The van der Waals surface area contributed by atoms with Crippen LogP contribution in [-0.2, 0) is 4.79 Å². The molecule has 0 aliphatic carbocycles. The SMILES string of the molecule is CC(CCO)NC(=O)C(C)C(C)C. The molecule has 13 heavy (non-hydrogen) atoms. The molecule has 0 aliphatic rings. The lowest BCUT2D eigenvalue weighted by atomic mass is 9.97. The summed E-state index contributed by atoms with van der Waals surface area (Å²) in [6, 6.07) is 0.0682. The van der Waals surface area contributed by atoms with E-state index in [1.54, 1.807) is 0 Å². The molecule has 0 saturated heterocycles. The van der Waals surface area contributed by atoms with E-state index < -0.39 is 0 Å². The fourth-order valence-electron chi connectivity index (χ4n) is 0.943. The summed E-state index contributed by atoms with van der Waals surface area (Å²) < 4.78 is 0. The van der Waals surface area contributed by atoms with Crippen LogP contribution >= 0.6 is 0 Å². The number of carbonyl (C=O) groups is 1. The first-order valence-corrected chi connectivity index (χ1v) is 4.90. The van der Waals surface area contributed by atoms with Gasteiger partial charge in [-0.25, -0.2) is 0 Å². The number of aliphatic hydroxyl groups excluding tert-OH is 1. The lowest BCUT2D eigenvalue weighted by molar-refractivity contribution is -0.126. The van der Waals surface area contributed by atoms with E-state index in [2.05, 4.69) is 5.32 Å². The Labute approximate surface area is 80.5 Å². The molecule has 0 aliphatic heterocycles. The molecule has 1 amide bonds. The molecule has 0 fully saturated rings. The van der Waals surface area contributed by atoms with Gasteiger partial charge in [-0.1, -0.05) is 20.8 Å². The number of hydrogen-bond donors (Lipinski definition) is 2. The van der Waals surface area contributed by atoms with E-state index in [0.717, 1.165) is 0 Å². The van der Waals surface area contributed by atoms with Gasteiger partial charge in [-0.05, 0) is 19.3 Å². The van der Waals surface area contributed by atoms with Crippen LogP contribution in [0.5, 0.6) is 0 Å². The van der Waals surface area contributed by atoms with Crippen molar-refractivity contribution in [3.8, 4) is 0 Å². The third kappa shape index (κ3) is 4.88. The first-order valence-electron chi connectivity index (χ1n) is 4.90. The summed E-state index contributed by atoms with van der Waals surface area (Å²) in [5.74, 6) is 0.485. The number of aliphatic hydroxyl groups is 1. The zero-order valence-electron chi connectivity index (χ0n) is 9.00. The second kappa shape index (κ2) is 5.97. The molecule has 78 valence electrons. The van der Waals surface area contributed by atoms with E-state index in [4.69, 9.17) is 5.11 Å². The molecule has 0 radical (unpaired) electrons. The second-order valence-electron chi connectivity index (χ2n) is 3.95. The van der Waals surface area contributed by atoms with Crippen molar-refractivity contribution in [2.24, 2.45) is 11.8 Å². The van der Waals surface area contributed by atoms with Gasteiger partial charge in [0.1, 0.15) is 0 Å². The molecule has 0 aromatic rings. The van der Waals surface area contributed by atoms with Crippen molar-refractivity contribution in [2.75, 3.05) is 6.61 Å². The lowest BCUT2D eigenvalue weighted by Gasteiger charge is -2.18. The largest absolute Gasteiger partial charge is 0.396 e. The highest BCUT2D eigenvalue weighted by Gasteiger charge is 2.17. The van der Waals surface area contributed by atoms with Gasteiger partial charge in [0, 0.05) is 18.6 Å². The summed E-state index contributed by atoms with van der Waals surface area (Å²) in [7, 11) is 0. The zero-order valence-corrected chi connectivity index (χ0v) is 9.00. The van der Waals surface area contributed by atoms with Crippen molar-refractivity contribution in [3.63, 3.8) is 0 Å². The first kappa shape index (κ1) is 12.4. The topological polar surface area (TPSA) is 49.3 Å². The van der Waals surface area contributed by atoms with Gasteiger partial charge >= 0.3 is 0 Å². The molecule has 3 heteroatoms. The summed E-state index contributed by atoms with van der Waals surface area (Å²) in [5, 5.41) is 11.5. The smallest absolute Gasteiger partial charge is 0.223 e. The van der Waals surface area contributed by atoms with E-state index in [1.807, 2.05) is 27.7 Å². The Balaban J connectivity index is 3.85. The maximum atomic E-state index is 11.5. The van der Waals surface area contributed by atoms with Gasteiger partial charge in [0.25, 0.3) is 0 Å². The molecular formula is C10H21NO2. The quantitative estimate of drug-likeness (QED) is 0.678. The summed E-state index contributed by atoms with van der Waals surface area (Å²) in [6.07, 6.45) is 0.622. The van der Waals surface area contributed by atoms with Crippen molar-refractivity contribution < 1.29 is 9.90 Å². The monoisotopic (exact) mass is 187 g/mol. The summed E-state index contributed by atoms with van der Waals surface area (Å²) >= 11 is 0. The van der Waals surface area contributed by atoms with Crippen LogP contribution in [0.1, 0.15) is 34.1 Å². The molecule has 2 atom stereocenters.